The summed E-state index contributed by atoms with van der Waals surface area (Å²) in [6, 6.07) is 0. The molecule has 0 saturated heterocycles. The molecule has 0 nitrogen and oxygen atoms in total. The Balaban J connectivity index is 0. The maximum absolute atomic E-state index is 2.26. The lowest BCUT2D eigenvalue weighted by Crippen LogP contribution is -1.73. The molecule has 1 heteroatoms. The van der Waals surface area contributed by atoms with E-state index in [0.717, 1.165) is 8.58 Å². The van der Waals surface area contributed by atoms with Crippen molar-refractivity contribution < 1.29 is 0 Å². The minimum atomic E-state index is 1.08. The van der Waals surface area contributed by atoms with E-state index in [1.54, 1.807) is 0 Å². The highest BCUT2D eigenvalue weighted by Crippen LogP contribution is 2.03. The Morgan fingerprint density at radius 1 is 0.727 bits per heavy atom. The van der Waals surface area contributed by atoms with Crippen molar-refractivity contribution in [2.45, 2.75) is 52.4 Å². The summed E-state index contributed by atoms with van der Waals surface area (Å²) in [5, 5.41) is 0. The number of rotatable bonds is 5. The van der Waals surface area contributed by atoms with Gasteiger partial charge in [0.1, 0.15) is 0 Å². The van der Waals surface area contributed by atoms with Crippen LogP contribution in [0.3, 0.4) is 0 Å². The van der Waals surface area contributed by atoms with E-state index in [1.807, 2.05) is 0 Å². The predicted octanol–water partition coefficient (Wildman–Crippen LogP) is 4.29. The summed E-state index contributed by atoms with van der Waals surface area (Å²) < 4.78 is 0. The fourth-order valence-electron chi connectivity index (χ4n) is 0.854. The van der Waals surface area contributed by atoms with Gasteiger partial charge in [0.15, 0.2) is 0 Å². The van der Waals surface area contributed by atoms with Crippen LogP contribution in [0.2, 0.25) is 0 Å². The highest BCUT2D eigenvalue weighted by Gasteiger charge is 1.83. The third-order valence-electron chi connectivity index (χ3n) is 1.46. The molecule has 0 saturated carbocycles. The van der Waals surface area contributed by atoms with Crippen LogP contribution >= 0.6 is 8.58 Å². The Kier molecular flexibility index (Phi) is 21.4. The summed E-state index contributed by atoms with van der Waals surface area (Å²) in [6.45, 7) is 8.82. The zero-order valence-electron chi connectivity index (χ0n) is 8.74. The third kappa shape index (κ3) is 25.1. The van der Waals surface area contributed by atoms with Gasteiger partial charge in [-0.15, -0.1) is 8.58 Å². The average molecular weight is 176 g/mol. The first-order valence-electron chi connectivity index (χ1n) is 4.91. The van der Waals surface area contributed by atoms with E-state index >= 15 is 0 Å². The van der Waals surface area contributed by atoms with Crippen LogP contribution in [0.5, 0.6) is 0 Å². The normalized spacial score (nSPS) is 8.73. The van der Waals surface area contributed by atoms with E-state index in [2.05, 4.69) is 27.2 Å². The number of hydrogen-bond acceptors (Lipinski definition) is 0. The molecule has 0 atom stereocenters. The Morgan fingerprint density at radius 3 is 1.18 bits per heavy atom. The maximum atomic E-state index is 2.26. The van der Waals surface area contributed by atoms with Crippen molar-refractivity contribution in [3.05, 3.63) is 0 Å². The van der Waals surface area contributed by atoms with Gasteiger partial charge >= 0.3 is 0 Å². The lowest BCUT2D eigenvalue weighted by atomic mass is 10.1. The predicted molar refractivity (Wildman–Crippen MR) is 59.2 cm³/mol. The van der Waals surface area contributed by atoms with Crippen LogP contribution in [0.15, 0.2) is 0 Å². The summed E-state index contributed by atoms with van der Waals surface area (Å²) >= 11 is 0. The molecule has 0 aliphatic rings. The second-order valence-corrected chi connectivity index (χ2v) is 3.91. The SMILES string of the molecule is CCCCCCCC.CPC. The minimum absolute atomic E-state index is 1.08. The van der Waals surface area contributed by atoms with Gasteiger partial charge in [-0.2, -0.15) is 0 Å². The van der Waals surface area contributed by atoms with Crippen LogP contribution in [0, 0.1) is 0 Å². The zero-order valence-corrected chi connectivity index (χ0v) is 9.74. The molecule has 0 aromatic rings. The maximum Gasteiger partial charge on any atom is -0.0475 e. The first kappa shape index (κ1) is 14.0. The van der Waals surface area contributed by atoms with E-state index in [1.165, 1.54) is 38.5 Å². The van der Waals surface area contributed by atoms with Gasteiger partial charge in [0.25, 0.3) is 0 Å². The highest BCUT2D eigenvalue weighted by molar-refractivity contribution is 7.35. The number of hydrogen-bond donors (Lipinski definition) is 0. The van der Waals surface area contributed by atoms with Crippen LogP contribution < -0.4 is 0 Å². The summed E-state index contributed by atoms with van der Waals surface area (Å²) in [6.07, 6.45) is 8.49. The van der Waals surface area contributed by atoms with Crippen LogP contribution in [0.4, 0.5) is 0 Å². The molecule has 0 unspecified atom stereocenters. The van der Waals surface area contributed by atoms with Crippen LogP contribution in [0.1, 0.15) is 52.4 Å². The Hall–Kier alpha value is 0.430. The van der Waals surface area contributed by atoms with Crippen molar-refractivity contribution in [3.8, 4) is 0 Å². The van der Waals surface area contributed by atoms with Gasteiger partial charge in [-0.05, 0) is 13.3 Å². The molecule has 0 heterocycles. The molecular formula is C10H25P. The lowest BCUT2D eigenvalue weighted by Gasteiger charge is -1.93. The summed E-state index contributed by atoms with van der Waals surface area (Å²) in [4.78, 5) is 0. The van der Waals surface area contributed by atoms with Crippen molar-refractivity contribution >= 4 is 8.58 Å². The van der Waals surface area contributed by atoms with Crippen molar-refractivity contribution in [2.75, 3.05) is 13.3 Å². The van der Waals surface area contributed by atoms with Crippen LogP contribution in [-0.4, -0.2) is 13.3 Å². The van der Waals surface area contributed by atoms with Crippen LogP contribution in [-0.2, 0) is 0 Å². The standard InChI is InChI=1S/C8H18.C2H7P/c1-3-5-7-8-6-4-2;1-3-2/h3-8H2,1-2H3;3H,1-2H3. The molecule has 0 radical (unpaired) electrons. The summed E-state index contributed by atoms with van der Waals surface area (Å²) in [5.74, 6) is 0. The van der Waals surface area contributed by atoms with Gasteiger partial charge in [0, 0.05) is 0 Å². The third-order valence-corrected chi connectivity index (χ3v) is 1.46. The second kappa shape index (κ2) is 16.8. The molecule has 11 heavy (non-hydrogen) atoms. The molecule has 0 fully saturated rings. The average Bonchev–Trinajstić information content (AvgIpc) is 2.00. The van der Waals surface area contributed by atoms with Gasteiger partial charge in [-0.1, -0.05) is 52.4 Å². The van der Waals surface area contributed by atoms with E-state index in [4.69, 9.17) is 0 Å². The van der Waals surface area contributed by atoms with Crippen molar-refractivity contribution in [2.24, 2.45) is 0 Å². The molecular weight excluding hydrogens is 151 g/mol. The van der Waals surface area contributed by atoms with Gasteiger partial charge in [-0.3, -0.25) is 0 Å². The van der Waals surface area contributed by atoms with Gasteiger partial charge in [0.2, 0.25) is 0 Å². The smallest absolute Gasteiger partial charge is 0.0475 e. The van der Waals surface area contributed by atoms with Crippen LogP contribution in [0.25, 0.3) is 0 Å². The number of unbranched alkanes of at least 4 members (excludes halogenated alkanes) is 5. The molecule has 0 bridgehead atoms. The Labute approximate surface area is 74.9 Å². The first-order chi connectivity index (χ1) is 5.33. The van der Waals surface area contributed by atoms with E-state index in [9.17, 15) is 0 Å². The molecule has 0 rings (SSSR count). The molecule has 0 aromatic carbocycles. The van der Waals surface area contributed by atoms with Gasteiger partial charge in [0.05, 0.1) is 0 Å². The minimum Gasteiger partial charge on any atom is -0.129 e. The lowest BCUT2D eigenvalue weighted by molar-refractivity contribution is 0.624. The van der Waals surface area contributed by atoms with Gasteiger partial charge < -0.3 is 0 Å². The molecule has 0 amide bonds. The molecule has 0 aliphatic carbocycles. The molecule has 70 valence electrons. The second-order valence-electron chi connectivity index (χ2n) is 2.91. The summed E-state index contributed by atoms with van der Waals surface area (Å²) in [5.41, 5.74) is 0. The quantitative estimate of drug-likeness (QED) is 0.433. The fourth-order valence-corrected chi connectivity index (χ4v) is 0.854. The summed E-state index contributed by atoms with van der Waals surface area (Å²) in [7, 11) is 1.08. The van der Waals surface area contributed by atoms with Crippen molar-refractivity contribution in [1.29, 1.82) is 0 Å². The topological polar surface area (TPSA) is 0 Å². The largest absolute Gasteiger partial charge is 0.129 e. The fraction of sp³-hybridized carbons (Fsp3) is 1.00. The van der Waals surface area contributed by atoms with E-state index in [-0.39, 0.29) is 0 Å². The Bertz CT molecular complexity index is 38.1. The zero-order chi connectivity index (χ0) is 8.95. The van der Waals surface area contributed by atoms with Gasteiger partial charge in [-0.25, -0.2) is 0 Å². The van der Waals surface area contributed by atoms with Crippen molar-refractivity contribution in [3.63, 3.8) is 0 Å². The molecule has 0 aromatic heterocycles. The first-order valence-corrected chi connectivity index (χ1v) is 6.91. The molecule has 0 N–H and O–H groups in total. The molecule has 0 aliphatic heterocycles. The van der Waals surface area contributed by atoms with E-state index in [0.29, 0.717) is 0 Å². The van der Waals surface area contributed by atoms with Crippen molar-refractivity contribution in [1.82, 2.24) is 0 Å². The Morgan fingerprint density at radius 2 is 1.00 bits per heavy atom. The monoisotopic (exact) mass is 176 g/mol. The van der Waals surface area contributed by atoms with E-state index < -0.39 is 0 Å². The molecule has 0 spiro atoms. The highest BCUT2D eigenvalue weighted by atomic mass is 31.1.